The number of amides is 3. The smallest absolute Gasteiger partial charge is 0.245 e. The second-order valence-corrected chi connectivity index (χ2v) is 9.55. The molecule has 2 heterocycles. The van der Waals surface area contributed by atoms with Crippen LogP contribution in [0.5, 0.6) is 0 Å². The molecule has 0 spiro atoms. The lowest BCUT2D eigenvalue weighted by Gasteiger charge is -2.42. The molecule has 2 aliphatic heterocycles. The number of piperidine rings is 1. The molecule has 0 aromatic rings. The van der Waals surface area contributed by atoms with Crippen molar-refractivity contribution in [3.05, 3.63) is 0 Å². The van der Waals surface area contributed by atoms with Crippen LogP contribution in [0, 0.1) is 11.3 Å². The van der Waals surface area contributed by atoms with Crippen molar-refractivity contribution in [3.63, 3.8) is 0 Å². The minimum atomic E-state index is -0.380. The van der Waals surface area contributed by atoms with Crippen molar-refractivity contribution >= 4 is 17.7 Å². The van der Waals surface area contributed by atoms with Gasteiger partial charge in [-0.05, 0) is 37.0 Å². The number of carbonyl (C=O) groups excluding carboxylic acids is 3. The van der Waals surface area contributed by atoms with Gasteiger partial charge in [-0.15, -0.1) is 0 Å². The minimum Gasteiger partial charge on any atom is -0.370 e. The third-order valence-electron chi connectivity index (χ3n) is 5.78. The fourth-order valence-corrected chi connectivity index (χ4v) is 4.38. The van der Waals surface area contributed by atoms with Crippen molar-refractivity contribution in [2.24, 2.45) is 17.1 Å². The summed E-state index contributed by atoms with van der Waals surface area (Å²) in [4.78, 5) is 41.2. The highest BCUT2D eigenvalue weighted by atomic mass is 16.2. The van der Waals surface area contributed by atoms with Gasteiger partial charge in [-0.2, -0.15) is 0 Å². The van der Waals surface area contributed by atoms with Gasteiger partial charge >= 0.3 is 0 Å². The van der Waals surface area contributed by atoms with Crippen molar-refractivity contribution < 1.29 is 14.4 Å². The lowest BCUT2D eigenvalue weighted by Crippen LogP contribution is -2.62. The van der Waals surface area contributed by atoms with E-state index in [2.05, 4.69) is 33.0 Å². The Bertz CT molecular complexity index is 564. The molecule has 1 unspecified atom stereocenters. The highest BCUT2D eigenvalue weighted by Crippen LogP contribution is 2.26. The molecule has 0 aliphatic carbocycles. The van der Waals surface area contributed by atoms with Gasteiger partial charge in [0, 0.05) is 32.6 Å². The first kappa shape index (κ1) is 22.7. The van der Waals surface area contributed by atoms with E-state index < -0.39 is 0 Å². The fourth-order valence-electron chi connectivity index (χ4n) is 4.38. The molecule has 7 heteroatoms. The van der Waals surface area contributed by atoms with Crippen LogP contribution in [0.3, 0.4) is 0 Å². The monoisotopic (exact) mass is 394 g/mol. The second-order valence-electron chi connectivity index (χ2n) is 9.55. The van der Waals surface area contributed by atoms with E-state index >= 15 is 0 Å². The van der Waals surface area contributed by atoms with Crippen molar-refractivity contribution in [1.82, 2.24) is 15.1 Å². The van der Waals surface area contributed by atoms with E-state index in [1.807, 2.05) is 9.80 Å². The van der Waals surface area contributed by atoms with Crippen molar-refractivity contribution in [2.75, 3.05) is 26.2 Å². The first-order valence-electron chi connectivity index (χ1n) is 10.7. The van der Waals surface area contributed by atoms with Crippen LogP contribution in [0.2, 0.25) is 0 Å². The number of primary amides is 1. The van der Waals surface area contributed by atoms with Crippen LogP contribution in [0.1, 0.15) is 66.2 Å². The average molecular weight is 395 g/mol. The lowest BCUT2D eigenvalue weighted by molar-refractivity contribution is -0.150. The second kappa shape index (κ2) is 9.72. The fraction of sp³-hybridized carbons (Fsp3) is 0.857. The van der Waals surface area contributed by atoms with E-state index in [1.54, 1.807) is 0 Å². The molecule has 2 aliphatic rings. The Hall–Kier alpha value is -1.63. The normalized spacial score (nSPS) is 23.0. The van der Waals surface area contributed by atoms with E-state index in [0.717, 1.165) is 32.2 Å². The molecule has 0 radical (unpaired) electrons. The predicted octanol–water partition coefficient (Wildman–Crippen LogP) is 1.51. The summed E-state index contributed by atoms with van der Waals surface area (Å²) in [5.74, 6) is 0.105. The molecule has 7 nitrogen and oxygen atoms in total. The van der Waals surface area contributed by atoms with Gasteiger partial charge in [0.05, 0.1) is 6.04 Å². The summed E-state index contributed by atoms with van der Waals surface area (Å²) in [6, 6.07) is -0.600. The Morgan fingerprint density at radius 3 is 2.39 bits per heavy atom. The largest absolute Gasteiger partial charge is 0.370 e. The third kappa shape index (κ3) is 6.19. The quantitative estimate of drug-likeness (QED) is 0.684. The van der Waals surface area contributed by atoms with Crippen LogP contribution in [0.4, 0.5) is 0 Å². The van der Waals surface area contributed by atoms with Gasteiger partial charge in [-0.1, -0.05) is 34.1 Å². The third-order valence-corrected chi connectivity index (χ3v) is 5.78. The molecule has 0 saturated carbocycles. The molecule has 160 valence electrons. The molecule has 0 aromatic carbocycles. The van der Waals surface area contributed by atoms with Gasteiger partial charge in [-0.3, -0.25) is 14.4 Å². The summed E-state index contributed by atoms with van der Waals surface area (Å²) in [5.41, 5.74) is 5.35. The molecule has 28 heavy (non-hydrogen) atoms. The minimum absolute atomic E-state index is 0.0446. The summed E-state index contributed by atoms with van der Waals surface area (Å²) in [5, 5.41) is 3.33. The van der Waals surface area contributed by atoms with E-state index in [4.69, 9.17) is 5.73 Å². The van der Waals surface area contributed by atoms with Crippen LogP contribution < -0.4 is 11.1 Å². The maximum atomic E-state index is 13.3. The number of nitrogens with zero attached hydrogens (tertiary/aromatic N) is 2. The zero-order valence-electron chi connectivity index (χ0n) is 18.0. The summed E-state index contributed by atoms with van der Waals surface area (Å²) in [6.07, 6.45) is 4.30. The van der Waals surface area contributed by atoms with Gasteiger partial charge in [-0.25, -0.2) is 0 Å². The molecule has 2 rings (SSSR count). The average Bonchev–Trinajstić information content (AvgIpc) is 2.60. The SMILES string of the molecule is CCCC(C(=O)N1CCC(CC(N)=O)CC1)N1CCN[C@@H](CC(C)(C)C)C1=O. The Balaban J connectivity index is 2.04. The number of carbonyl (C=O) groups is 3. The van der Waals surface area contributed by atoms with Crippen LogP contribution in [0.15, 0.2) is 0 Å². The van der Waals surface area contributed by atoms with E-state index in [-0.39, 0.29) is 41.1 Å². The Labute approximate surface area is 169 Å². The van der Waals surface area contributed by atoms with Gasteiger partial charge < -0.3 is 20.9 Å². The van der Waals surface area contributed by atoms with Crippen LogP contribution in [-0.2, 0) is 14.4 Å². The predicted molar refractivity (Wildman–Crippen MR) is 109 cm³/mol. The molecule has 2 saturated heterocycles. The van der Waals surface area contributed by atoms with Gasteiger partial charge in [0.25, 0.3) is 0 Å². The Kier molecular flexibility index (Phi) is 7.87. The molecule has 0 bridgehead atoms. The number of hydrogen-bond acceptors (Lipinski definition) is 4. The zero-order valence-corrected chi connectivity index (χ0v) is 18.0. The van der Waals surface area contributed by atoms with E-state index in [0.29, 0.717) is 32.5 Å². The molecule has 3 N–H and O–H groups in total. The summed E-state index contributed by atoms with van der Waals surface area (Å²) in [7, 11) is 0. The van der Waals surface area contributed by atoms with Gasteiger partial charge in [0.2, 0.25) is 17.7 Å². The van der Waals surface area contributed by atoms with Crippen molar-refractivity contribution in [2.45, 2.75) is 78.3 Å². The van der Waals surface area contributed by atoms with Crippen LogP contribution in [-0.4, -0.2) is 65.8 Å². The maximum absolute atomic E-state index is 13.3. The number of hydrogen-bond donors (Lipinski definition) is 2. The lowest BCUT2D eigenvalue weighted by atomic mass is 9.86. The summed E-state index contributed by atoms with van der Waals surface area (Å²) >= 11 is 0. The zero-order chi connectivity index (χ0) is 20.9. The Morgan fingerprint density at radius 2 is 1.86 bits per heavy atom. The van der Waals surface area contributed by atoms with Gasteiger partial charge in [0.15, 0.2) is 0 Å². The first-order valence-corrected chi connectivity index (χ1v) is 10.7. The molecular formula is C21H38N4O3. The van der Waals surface area contributed by atoms with Crippen LogP contribution in [0.25, 0.3) is 0 Å². The van der Waals surface area contributed by atoms with E-state index in [9.17, 15) is 14.4 Å². The first-order chi connectivity index (χ1) is 13.1. The molecular weight excluding hydrogens is 356 g/mol. The van der Waals surface area contributed by atoms with Crippen molar-refractivity contribution in [1.29, 1.82) is 0 Å². The molecule has 2 atom stereocenters. The van der Waals surface area contributed by atoms with Gasteiger partial charge in [0.1, 0.15) is 6.04 Å². The number of nitrogens with one attached hydrogen (secondary N) is 1. The topological polar surface area (TPSA) is 95.7 Å². The highest BCUT2D eigenvalue weighted by Gasteiger charge is 2.39. The van der Waals surface area contributed by atoms with Crippen molar-refractivity contribution in [3.8, 4) is 0 Å². The molecule has 0 aromatic heterocycles. The summed E-state index contributed by atoms with van der Waals surface area (Å²) in [6.45, 7) is 11.0. The highest BCUT2D eigenvalue weighted by molar-refractivity contribution is 5.90. The Morgan fingerprint density at radius 1 is 1.21 bits per heavy atom. The number of nitrogens with two attached hydrogens (primary N) is 1. The number of likely N-dealkylation sites (tertiary alicyclic amines) is 1. The van der Waals surface area contributed by atoms with Crippen LogP contribution >= 0.6 is 0 Å². The maximum Gasteiger partial charge on any atom is 0.245 e. The number of rotatable bonds is 7. The molecule has 2 fully saturated rings. The standard InChI is InChI=1S/C21H38N4O3/c1-5-6-17(20(28)24-10-7-15(8-11-24)13-18(22)26)25-12-9-23-16(19(25)27)14-21(2,3)4/h15-17,23H,5-14H2,1-4H3,(H2,22,26)/t16-,17?/m0/s1. The number of piperazine rings is 1. The molecule has 3 amide bonds. The van der Waals surface area contributed by atoms with E-state index in [1.165, 1.54) is 0 Å². The summed E-state index contributed by atoms with van der Waals surface area (Å²) < 4.78 is 0.